The predicted octanol–water partition coefficient (Wildman–Crippen LogP) is 2.14. The number of carbonyl (C=O) groups excluding carboxylic acids is 1. The Kier molecular flexibility index (Phi) is 4.24. The molecule has 2 aromatic heterocycles. The Labute approximate surface area is 155 Å². The number of carbonyl (C=O) groups is 1. The van der Waals surface area contributed by atoms with Gasteiger partial charge in [0.2, 0.25) is 5.91 Å². The number of amides is 1. The number of nitriles is 1. The Balaban J connectivity index is 1.62. The third kappa shape index (κ3) is 3.34. The van der Waals surface area contributed by atoms with Crippen LogP contribution < -0.4 is 5.63 Å². The van der Waals surface area contributed by atoms with Crippen LogP contribution in [0.3, 0.4) is 0 Å². The molecule has 0 aliphatic carbocycles. The molecule has 0 saturated carbocycles. The molecule has 3 heterocycles. The molecule has 3 aromatic rings. The van der Waals surface area contributed by atoms with Gasteiger partial charge in [-0.3, -0.25) is 9.48 Å². The lowest BCUT2D eigenvalue weighted by molar-refractivity contribution is -0.131. The Morgan fingerprint density at radius 3 is 2.96 bits per heavy atom. The SMILES string of the molecule is Cc1ccc2c(CC(=O)N3CCCn4nc(C#N)cc4C3)cc(=O)oc2c1. The van der Waals surface area contributed by atoms with Crippen LogP contribution in [0.2, 0.25) is 0 Å². The first kappa shape index (κ1) is 17.0. The van der Waals surface area contributed by atoms with E-state index in [1.54, 1.807) is 21.7 Å². The van der Waals surface area contributed by atoms with Gasteiger partial charge in [-0.15, -0.1) is 0 Å². The molecule has 1 aliphatic heterocycles. The summed E-state index contributed by atoms with van der Waals surface area (Å²) < 4.78 is 7.06. The van der Waals surface area contributed by atoms with Crippen molar-refractivity contribution in [3.05, 3.63) is 63.3 Å². The molecule has 0 bridgehead atoms. The summed E-state index contributed by atoms with van der Waals surface area (Å²) in [5.74, 6) is -0.0596. The lowest BCUT2D eigenvalue weighted by atomic mass is 10.0. The summed E-state index contributed by atoms with van der Waals surface area (Å²) in [5.41, 5.74) is 2.91. The van der Waals surface area contributed by atoms with Crippen LogP contribution in [0.5, 0.6) is 0 Å². The Bertz CT molecular complexity index is 1140. The van der Waals surface area contributed by atoms with E-state index in [9.17, 15) is 9.59 Å². The lowest BCUT2D eigenvalue weighted by Crippen LogP contribution is -2.32. The van der Waals surface area contributed by atoms with Gasteiger partial charge in [-0.05, 0) is 36.6 Å². The van der Waals surface area contributed by atoms with Gasteiger partial charge in [-0.2, -0.15) is 10.4 Å². The fraction of sp³-hybridized carbons (Fsp3) is 0.300. The summed E-state index contributed by atoms with van der Waals surface area (Å²) in [5, 5.41) is 14.0. The molecule has 4 rings (SSSR count). The standard InChI is InChI=1S/C20H18N4O3/c1-13-3-4-17-14(9-20(26)27-18(17)7-13)8-19(25)23-5-2-6-24-16(12-23)10-15(11-21)22-24/h3-4,7,9-10H,2,5-6,8,12H2,1H3. The molecule has 0 radical (unpaired) electrons. The summed E-state index contributed by atoms with van der Waals surface area (Å²) in [7, 11) is 0. The molecule has 0 N–H and O–H groups in total. The lowest BCUT2D eigenvalue weighted by Gasteiger charge is -2.20. The maximum Gasteiger partial charge on any atom is 0.336 e. The van der Waals surface area contributed by atoms with Gasteiger partial charge in [0, 0.05) is 24.5 Å². The van der Waals surface area contributed by atoms with Crippen LogP contribution in [0.25, 0.3) is 11.0 Å². The quantitative estimate of drug-likeness (QED) is 0.651. The first-order chi connectivity index (χ1) is 13.0. The maximum absolute atomic E-state index is 12.9. The zero-order valence-electron chi connectivity index (χ0n) is 14.9. The fourth-order valence-corrected chi connectivity index (χ4v) is 3.49. The molecule has 7 nitrogen and oxygen atoms in total. The van der Waals surface area contributed by atoms with Gasteiger partial charge >= 0.3 is 5.63 Å². The number of benzene rings is 1. The molecule has 0 fully saturated rings. The highest BCUT2D eigenvalue weighted by Crippen LogP contribution is 2.21. The summed E-state index contributed by atoms with van der Waals surface area (Å²) >= 11 is 0. The van der Waals surface area contributed by atoms with Crippen LogP contribution in [0.1, 0.15) is 28.9 Å². The average molecular weight is 362 g/mol. The maximum atomic E-state index is 12.9. The van der Waals surface area contributed by atoms with Gasteiger partial charge in [0.25, 0.3) is 0 Å². The average Bonchev–Trinajstić information content (AvgIpc) is 2.91. The van der Waals surface area contributed by atoms with E-state index in [0.717, 1.165) is 23.1 Å². The van der Waals surface area contributed by atoms with E-state index in [1.807, 2.05) is 25.1 Å². The van der Waals surface area contributed by atoms with Crippen molar-refractivity contribution in [2.75, 3.05) is 6.54 Å². The van der Waals surface area contributed by atoms with Crippen LogP contribution in [0.15, 0.2) is 39.5 Å². The monoisotopic (exact) mass is 362 g/mol. The third-order valence-electron chi connectivity index (χ3n) is 4.81. The van der Waals surface area contributed by atoms with Crippen LogP contribution in [0, 0.1) is 18.3 Å². The Morgan fingerprint density at radius 2 is 2.15 bits per heavy atom. The number of aromatic nitrogens is 2. The van der Waals surface area contributed by atoms with Crippen LogP contribution in [-0.4, -0.2) is 27.1 Å². The summed E-state index contributed by atoms with van der Waals surface area (Å²) in [6.07, 6.45) is 0.895. The van der Waals surface area contributed by atoms with E-state index in [2.05, 4.69) is 5.10 Å². The van der Waals surface area contributed by atoms with Crippen molar-refractivity contribution < 1.29 is 9.21 Å². The van der Waals surface area contributed by atoms with Gasteiger partial charge < -0.3 is 9.32 Å². The number of fused-ring (bicyclic) bond motifs is 2. The summed E-state index contributed by atoms with van der Waals surface area (Å²) in [4.78, 5) is 26.6. The largest absolute Gasteiger partial charge is 0.423 e. The molecule has 7 heteroatoms. The zero-order chi connectivity index (χ0) is 19.0. The van der Waals surface area contributed by atoms with Crippen LogP contribution >= 0.6 is 0 Å². The molecular formula is C20H18N4O3. The number of hydrogen-bond acceptors (Lipinski definition) is 5. The van der Waals surface area contributed by atoms with Crippen molar-refractivity contribution in [1.29, 1.82) is 5.26 Å². The van der Waals surface area contributed by atoms with E-state index in [4.69, 9.17) is 9.68 Å². The number of hydrogen-bond donors (Lipinski definition) is 0. The van der Waals surface area contributed by atoms with Crippen LogP contribution in [0.4, 0.5) is 0 Å². The minimum atomic E-state index is -0.455. The smallest absolute Gasteiger partial charge is 0.336 e. The first-order valence-corrected chi connectivity index (χ1v) is 8.81. The molecule has 0 unspecified atom stereocenters. The van der Waals surface area contributed by atoms with E-state index in [1.165, 1.54) is 6.07 Å². The topological polar surface area (TPSA) is 92.1 Å². The highest BCUT2D eigenvalue weighted by molar-refractivity contribution is 5.87. The first-order valence-electron chi connectivity index (χ1n) is 8.81. The third-order valence-corrected chi connectivity index (χ3v) is 4.81. The van der Waals surface area contributed by atoms with Gasteiger partial charge in [0.05, 0.1) is 18.7 Å². The van der Waals surface area contributed by atoms with E-state index >= 15 is 0 Å². The van der Waals surface area contributed by atoms with Crippen molar-refractivity contribution in [3.8, 4) is 6.07 Å². The van der Waals surface area contributed by atoms with Crippen molar-refractivity contribution in [1.82, 2.24) is 14.7 Å². The molecule has 0 atom stereocenters. The van der Waals surface area contributed by atoms with E-state index < -0.39 is 5.63 Å². The van der Waals surface area contributed by atoms with Crippen LogP contribution in [-0.2, 0) is 24.3 Å². The fourth-order valence-electron chi connectivity index (χ4n) is 3.49. The minimum Gasteiger partial charge on any atom is -0.423 e. The van der Waals surface area contributed by atoms with Crippen molar-refractivity contribution in [2.24, 2.45) is 0 Å². The van der Waals surface area contributed by atoms with Gasteiger partial charge in [0.15, 0.2) is 5.69 Å². The van der Waals surface area contributed by atoms with E-state index in [-0.39, 0.29) is 12.3 Å². The second kappa shape index (κ2) is 6.72. The second-order valence-electron chi connectivity index (χ2n) is 6.79. The highest BCUT2D eigenvalue weighted by Gasteiger charge is 2.22. The molecule has 0 saturated heterocycles. The molecule has 27 heavy (non-hydrogen) atoms. The van der Waals surface area contributed by atoms with E-state index in [0.29, 0.717) is 36.5 Å². The molecule has 136 valence electrons. The number of rotatable bonds is 2. The number of nitrogens with zero attached hydrogens (tertiary/aromatic N) is 4. The van der Waals surface area contributed by atoms with Crippen molar-refractivity contribution in [2.45, 2.75) is 32.9 Å². The van der Waals surface area contributed by atoms with Gasteiger partial charge in [-0.25, -0.2) is 4.79 Å². The normalized spacial score (nSPS) is 13.9. The minimum absolute atomic E-state index is 0.0596. The molecule has 1 aliphatic rings. The predicted molar refractivity (Wildman–Crippen MR) is 97.9 cm³/mol. The van der Waals surface area contributed by atoms with Gasteiger partial charge in [0.1, 0.15) is 11.7 Å². The molecule has 0 spiro atoms. The molecular weight excluding hydrogens is 344 g/mol. The van der Waals surface area contributed by atoms with Gasteiger partial charge in [-0.1, -0.05) is 12.1 Å². The highest BCUT2D eigenvalue weighted by atomic mass is 16.4. The number of aryl methyl sites for hydroxylation is 2. The molecule has 1 amide bonds. The van der Waals surface area contributed by atoms with Crippen molar-refractivity contribution >= 4 is 16.9 Å². The van der Waals surface area contributed by atoms with Crippen molar-refractivity contribution in [3.63, 3.8) is 0 Å². The second-order valence-corrected chi connectivity index (χ2v) is 6.79. The molecule has 1 aromatic carbocycles. The Morgan fingerprint density at radius 1 is 1.30 bits per heavy atom. The Hall–Kier alpha value is -3.40. The zero-order valence-corrected chi connectivity index (χ0v) is 14.9. The summed E-state index contributed by atoms with van der Waals surface area (Å²) in [6.45, 7) is 3.62. The summed E-state index contributed by atoms with van der Waals surface area (Å²) in [6, 6.07) is 10.8.